The summed E-state index contributed by atoms with van der Waals surface area (Å²) in [5.74, 6) is 0.883. The second-order valence-electron chi connectivity index (χ2n) is 6.61. The molecule has 3 rings (SSSR count). The summed E-state index contributed by atoms with van der Waals surface area (Å²) >= 11 is 0. The lowest BCUT2D eigenvalue weighted by Gasteiger charge is -2.53. The molecule has 0 radical (unpaired) electrons. The van der Waals surface area contributed by atoms with E-state index in [0.29, 0.717) is 12.1 Å². The lowest BCUT2D eigenvalue weighted by Crippen LogP contribution is -2.70. The molecule has 0 saturated carbocycles. The molecule has 3 saturated heterocycles. The Kier molecular flexibility index (Phi) is 2.96. The van der Waals surface area contributed by atoms with Gasteiger partial charge in [0.05, 0.1) is 0 Å². The molecule has 98 valence electrons. The summed E-state index contributed by atoms with van der Waals surface area (Å²) < 4.78 is 6.13. The van der Waals surface area contributed by atoms with Crippen LogP contribution in [0.1, 0.15) is 33.6 Å². The van der Waals surface area contributed by atoms with Crippen molar-refractivity contribution in [3.8, 4) is 0 Å². The third kappa shape index (κ3) is 1.92. The Balaban J connectivity index is 1.65. The predicted molar refractivity (Wildman–Crippen MR) is 69.2 cm³/mol. The summed E-state index contributed by atoms with van der Waals surface area (Å²) in [5.41, 5.74) is 0.189. The fourth-order valence-electron chi connectivity index (χ4n) is 3.81. The standard InChI is InChI=1S/C14H26N2O/c1-11(2)16-9-14(10-16)13(5-7-17-14)15-6-4-12(3)8-15/h11-13H,4-10H2,1-3H3. The van der Waals surface area contributed by atoms with Gasteiger partial charge in [-0.2, -0.15) is 0 Å². The Morgan fingerprint density at radius 3 is 2.59 bits per heavy atom. The van der Waals surface area contributed by atoms with Crippen molar-refractivity contribution in [1.29, 1.82) is 0 Å². The first-order chi connectivity index (χ1) is 8.11. The van der Waals surface area contributed by atoms with Crippen molar-refractivity contribution in [3.05, 3.63) is 0 Å². The van der Waals surface area contributed by atoms with Gasteiger partial charge < -0.3 is 4.74 Å². The fourth-order valence-corrected chi connectivity index (χ4v) is 3.81. The Bertz CT molecular complexity index is 286. The Labute approximate surface area is 105 Å². The molecular formula is C14H26N2O. The van der Waals surface area contributed by atoms with Crippen LogP contribution in [0.3, 0.4) is 0 Å². The van der Waals surface area contributed by atoms with Gasteiger partial charge in [-0.1, -0.05) is 6.92 Å². The molecule has 3 aliphatic heterocycles. The topological polar surface area (TPSA) is 15.7 Å². The van der Waals surface area contributed by atoms with E-state index in [1.165, 1.54) is 25.9 Å². The van der Waals surface area contributed by atoms with Crippen LogP contribution >= 0.6 is 0 Å². The first-order valence-corrected chi connectivity index (χ1v) is 7.23. The summed E-state index contributed by atoms with van der Waals surface area (Å²) in [5, 5.41) is 0. The molecule has 0 bridgehead atoms. The highest BCUT2D eigenvalue weighted by Crippen LogP contribution is 2.40. The molecule has 3 fully saturated rings. The van der Waals surface area contributed by atoms with Crippen molar-refractivity contribution in [2.24, 2.45) is 5.92 Å². The molecule has 0 aromatic rings. The smallest absolute Gasteiger partial charge is 0.109 e. The molecule has 0 aliphatic carbocycles. The van der Waals surface area contributed by atoms with Gasteiger partial charge >= 0.3 is 0 Å². The minimum Gasteiger partial charge on any atom is -0.371 e. The van der Waals surface area contributed by atoms with E-state index in [0.717, 1.165) is 25.6 Å². The quantitative estimate of drug-likeness (QED) is 0.726. The first-order valence-electron chi connectivity index (χ1n) is 7.23. The molecule has 0 aromatic carbocycles. The molecule has 17 heavy (non-hydrogen) atoms. The second kappa shape index (κ2) is 4.22. The van der Waals surface area contributed by atoms with Gasteiger partial charge in [0.2, 0.25) is 0 Å². The van der Waals surface area contributed by atoms with Gasteiger partial charge in [0.15, 0.2) is 0 Å². The second-order valence-corrected chi connectivity index (χ2v) is 6.61. The summed E-state index contributed by atoms with van der Waals surface area (Å²) in [4.78, 5) is 5.24. The van der Waals surface area contributed by atoms with Crippen LogP contribution in [-0.2, 0) is 4.74 Å². The van der Waals surface area contributed by atoms with Crippen LogP contribution in [0.4, 0.5) is 0 Å². The predicted octanol–water partition coefficient (Wildman–Crippen LogP) is 1.58. The first kappa shape index (κ1) is 11.9. The Morgan fingerprint density at radius 2 is 2.00 bits per heavy atom. The Hall–Kier alpha value is -0.120. The average Bonchev–Trinajstić information content (AvgIpc) is 2.79. The highest BCUT2D eigenvalue weighted by molar-refractivity contribution is 5.10. The van der Waals surface area contributed by atoms with E-state index in [1.54, 1.807) is 0 Å². The zero-order valence-electron chi connectivity index (χ0n) is 11.5. The molecule has 0 amide bonds. The van der Waals surface area contributed by atoms with Crippen molar-refractivity contribution in [2.75, 3.05) is 32.8 Å². The molecule has 2 unspecified atom stereocenters. The summed E-state index contributed by atoms with van der Waals surface area (Å²) in [6, 6.07) is 1.37. The van der Waals surface area contributed by atoms with E-state index in [-0.39, 0.29) is 5.60 Å². The Morgan fingerprint density at radius 1 is 1.24 bits per heavy atom. The van der Waals surface area contributed by atoms with Crippen LogP contribution in [0.5, 0.6) is 0 Å². The minimum atomic E-state index is 0.189. The third-order valence-electron chi connectivity index (χ3n) is 4.96. The molecule has 3 aliphatic rings. The summed E-state index contributed by atoms with van der Waals surface area (Å²) in [6.07, 6.45) is 2.62. The number of likely N-dealkylation sites (tertiary alicyclic amines) is 2. The number of ether oxygens (including phenoxy) is 1. The monoisotopic (exact) mass is 238 g/mol. The van der Waals surface area contributed by atoms with Crippen molar-refractivity contribution < 1.29 is 4.74 Å². The molecule has 0 N–H and O–H groups in total. The highest BCUT2D eigenvalue weighted by Gasteiger charge is 2.55. The highest BCUT2D eigenvalue weighted by atomic mass is 16.5. The third-order valence-corrected chi connectivity index (χ3v) is 4.96. The molecule has 1 spiro atoms. The lowest BCUT2D eigenvalue weighted by atomic mass is 9.84. The molecule has 3 nitrogen and oxygen atoms in total. The molecular weight excluding hydrogens is 212 g/mol. The van der Waals surface area contributed by atoms with Crippen molar-refractivity contribution in [1.82, 2.24) is 9.80 Å². The van der Waals surface area contributed by atoms with Crippen LogP contribution < -0.4 is 0 Å². The van der Waals surface area contributed by atoms with Gasteiger partial charge in [-0.05, 0) is 39.2 Å². The zero-order valence-corrected chi connectivity index (χ0v) is 11.5. The van der Waals surface area contributed by atoms with Crippen LogP contribution in [0.25, 0.3) is 0 Å². The van der Waals surface area contributed by atoms with E-state index < -0.39 is 0 Å². The van der Waals surface area contributed by atoms with Crippen molar-refractivity contribution in [3.63, 3.8) is 0 Å². The maximum Gasteiger partial charge on any atom is 0.109 e. The van der Waals surface area contributed by atoms with Gasteiger partial charge in [0.1, 0.15) is 5.60 Å². The largest absolute Gasteiger partial charge is 0.371 e. The van der Waals surface area contributed by atoms with Gasteiger partial charge in [0.25, 0.3) is 0 Å². The van der Waals surface area contributed by atoms with E-state index >= 15 is 0 Å². The van der Waals surface area contributed by atoms with Gasteiger partial charge in [-0.3, -0.25) is 9.80 Å². The minimum absolute atomic E-state index is 0.189. The van der Waals surface area contributed by atoms with E-state index in [4.69, 9.17) is 4.74 Å². The number of hydrogen-bond acceptors (Lipinski definition) is 3. The number of hydrogen-bond donors (Lipinski definition) is 0. The normalized spacial score (nSPS) is 38.1. The molecule has 0 aromatic heterocycles. The number of nitrogens with zero attached hydrogens (tertiary/aromatic N) is 2. The fraction of sp³-hybridized carbons (Fsp3) is 1.00. The summed E-state index contributed by atoms with van der Waals surface area (Å²) in [7, 11) is 0. The van der Waals surface area contributed by atoms with E-state index in [9.17, 15) is 0 Å². The molecule has 2 atom stereocenters. The van der Waals surface area contributed by atoms with Crippen LogP contribution in [-0.4, -0.2) is 60.3 Å². The maximum atomic E-state index is 6.13. The average molecular weight is 238 g/mol. The van der Waals surface area contributed by atoms with E-state index in [1.807, 2.05) is 0 Å². The van der Waals surface area contributed by atoms with Gasteiger partial charge in [-0.25, -0.2) is 0 Å². The van der Waals surface area contributed by atoms with E-state index in [2.05, 4.69) is 30.6 Å². The maximum absolute atomic E-state index is 6.13. The molecule has 3 heterocycles. The molecule has 3 heteroatoms. The van der Waals surface area contributed by atoms with Crippen LogP contribution in [0.15, 0.2) is 0 Å². The lowest BCUT2D eigenvalue weighted by molar-refractivity contribution is -0.147. The SMILES string of the molecule is CC1CCN(C2CCOC23CN(C(C)C)C3)C1. The van der Waals surface area contributed by atoms with Crippen molar-refractivity contribution >= 4 is 0 Å². The van der Waals surface area contributed by atoms with Crippen LogP contribution in [0, 0.1) is 5.92 Å². The van der Waals surface area contributed by atoms with Crippen molar-refractivity contribution in [2.45, 2.75) is 51.3 Å². The van der Waals surface area contributed by atoms with Gasteiger partial charge in [0, 0.05) is 38.3 Å². The van der Waals surface area contributed by atoms with Gasteiger partial charge in [-0.15, -0.1) is 0 Å². The zero-order chi connectivity index (χ0) is 12.0. The van der Waals surface area contributed by atoms with Crippen LogP contribution in [0.2, 0.25) is 0 Å². The summed E-state index contributed by atoms with van der Waals surface area (Å²) in [6.45, 7) is 12.8. The number of rotatable bonds is 2.